The van der Waals surface area contributed by atoms with Gasteiger partial charge in [0.2, 0.25) is 0 Å². The summed E-state index contributed by atoms with van der Waals surface area (Å²) in [4.78, 5) is 22.9. The largest absolute Gasteiger partial charge is 0.444 e. The maximum absolute atomic E-state index is 11.6. The Kier molecular flexibility index (Phi) is 4.71. The lowest BCUT2D eigenvalue weighted by Gasteiger charge is -2.19. The first-order valence-electron chi connectivity index (χ1n) is 5.68. The van der Waals surface area contributed by atoms with Gasteiger partial charge < -0.3 is 15.4 Å². The minimum Gasteiger partial charge on any atom is -0.444 e. The van der Waals surface area contributed by atoms with Crippen LogP contribution in [0.1, 0.15) is 31.1 Å². The lowest BCUT2D eigenvalue weighted by Crippen LogP contribution is -2.40. The fraction of sp³-hybridized carbons (Fsp3) is 0.385. The summed E-state index contributed by atoms with van der Waals surface area (Å²) in [6.45, 7) is 5.35. The molecule has 0 unspecified atom stereocenters. The van der Waals surface area contributed by atoms with Gasteiger partial charge in [0.25, 0.3) is 5.91 Å². The van der Waals surface area contributed by atoms with E-state index in [9.17, 15) is 9.59 Å². The van der Waals surface area contributed by atoms with Crippen LogP contribution in [0.2, 0.25) is 0 Å². The second-order valence-corrected chi connectivity index (χ2v) is 4.73. The second-order valence-electron chi connectivity index (χ2n) is 4.73. The molecule has 0 radical (unpaired) electrons. The molecule has 2 N–H and O–H groups in total. The summed E-state index contributed by atoms with van der Waals surface area (Å²) in [5, 5.41) is 5.01. The van der Waals surface area contributed by atoms with E-state index in [-0.39, 0.29) is 12.6 Å². The van der Waals surface area contributed by atoms with E-state index in [0.717, 1.165) is 0 Å². The van der Waals surface area contributed by atoms with E-state index in [1.54, 1.807) is 45.0 Å². The topological polar surface area (TPSA) is 67.4 Å². The molecule has 1 aromatic carbocycles. The molecule has 0 saturated carbocycles. The van der Waals surface area contributed by atoms with Gasteiger partial charge in [-0.15, -0.1) is 0 Å². The van der Waals surface area contributed by atoms with E-state index >= 15 is 0 Å². The summed E-state index contributed by atoms with van der Waals surface area (Å²) in [6, 6.07) is 8.77. The van der Waals surface area contributed by atoms with Crippen molar-refractivity contribution in [2.45, 2.75) is 26.4 Å². The Morgan fingerprint density at radius 3 is 2.28 bits per heavy atom. The van der Waals surface area contributed by atoms with Gasteiger partial charge in [0, 0.05) is 5.56 Å². The average Bonchev–Trinajstić information content (AvgIpc) is 2.27. The zero-order valence-corrected chi connectivity index (χ0v) is 10.8. The number of ether oxygens (including phenoxy) is 1. The van der Waals surface area contributed by atoms with Crippen LogP contribution in [0.5, 0.6) is 0 Å². The highest BCUT2D eigenvalue weighted by atomic mass is 16.6. The molecule has 1 aromatic rings. The predicted octanol–water partition coefficient (Wildman–Crippen LogP) is 1.90. The molecule has 0 saturated heterocycles. The van der Waals surface area contributed by atoms with Crippen molar-refractivity contribution in [2.24, 2.45) is 0 Å². The molecule has 2 amide bonds. The number of alkyl carbamates (subject to hydrolysis) is 1. The van der Waals surface area contributed by atoms with Crippen molar-refractivity contribution < 1.29 is 14.3 Å². The van der Waals surface area contributed by atoms with E-state index in [2.05, 4.69) is 10.6 Å². The lowest BCUT2D eigenvalue weighted by molar-refractivity contribution is 0.0523. The van der Waals surface area contributed by atoms with Gasteiger partial charge in [-0.05, 0) is 32.9 Å². The van der Waals surface area contributed by atoms with Gasteiger partial charge in [0.15, 0.2) is 0 Å². The summed E-state index contributed by atoms with van der Waals surface area (Å²) < 4.78 is 5.02. The third kappa shape index (κ3) is 5.34. The molecule has 0 bridgehead atoms. The molecule has 0 aliphatic carbocycles. The molecule has 0 aliphatic rings. The smallest absolute Gasteiger partial charge is 0.409 e. The van der Waals surface area contributed by atoms with E-state index in [4.69, 9.17) is 4.74 Å². The average molecular weight is 250 g/mol. The summed E-state index contributed by atoms with van der Waals surface area (Å²) in [5.74, 6) is -0.244. The standard InChI is InChI=1S/C13H18N2O3/c1-13(2,3)18-12(17)15-9-14-11(16)10-7-5-4-6-8-10/h4-8H,9H2,1-3H3,(H,14,16)(H,15,17). The quantitative estimate of drug-likeness (QED) is 0.805. The first-order valence-corrected chi connectivity index (χ1v) is 5.68. The molecule has 1 rings (SSSR count). The van der Waals surface area contributed by atoms with Gasteiger partial charge in [0.05, 0.1) is 6.67 Å². The van der Waals surface area contributed by atoms with Crippen molar-refractivity contribution >= 4 is 12.0 Å². The van der Waals surface area contributed by atoms with Crippen LogP contribution in [0, 0.1) is 0 Å². The van der Waals surface area contributed by atoms with Crippen LogP contribution in [-0.2, 0) is 4.74 Å². The molecule has 5 nitrogen and oxygen atoms in total. The van der Waals surface area contributed by atoms with Crippen molar-refractivity contribution in [1.82, 2.24) is 10.6 Å². The van der Waals surface area contributed by atoms with Crippen LogP contribution in [0.15, 0.2) is 30.3 Å². The summed E-state index contributed by atoms with van der Waals surface area (Å²) in [6.07, 6.45) is -0.559. The molecule has 98 valence electrons. The number of hydrogen-bond acceptors (Lipinski definition) is 3. The molecule has 0 aliphatic heterocycles. The van der Waals surface area contributed by atoms with Gasteiger partial charge in [-0.2, -0.15) is 0 Å². The number of carbonyl (C=O) groups is 2. The van der Waals surface area contributed by atoms with Gasteiger partial charge in [-0.1, -0.05) is 18.2 Å². The van der Waals surface area contributed by atoms with Crippen LogP contribution >= 0.6 is 0 Å². The molecule has 18 heavy (non-hydrogen) atoms. The normalized spacial score (nSPS) is 10.6. The molecular formula is C13H18N2O3. The monoisotopic (exact) mass is 250 g/mol. The Bertz CT molecular complexity index is 410. The fourth-order valence-electron chi connectivity index (χ4n) is 1.20. The highest BCUT2D eigenvalue weighted by Gasteiger charge is 2.15. The molecule has 0 aromatic heterocycles. The van der Waals surface area contributed by atoms with Crippen molar-refractivity contribution in [3.63, 3.8) is 0 Å². The second kappa shape index (κ2) is 6.05. The Balaban J connectivity index is 2.30. The van der Waals surface area contributed by atoms with Gasteiger partial charge >= 0.3 is 6.09 Å². The lowest BCUT2D eigenvalue weighted by atomic mass is 10.2. The first-order chi connectivity index (χ1) is 8.38. The van der Waals surface area contributed by atoms with Crippen LogP contribution in [0.3, 0.4) is 0 Å². The third-order valence-electron chi connectivity index (χ3n) is 1.92. The molecule has 0 atom stereocenters. The summed E-state index contributed by atoms with van der Waals surface area (Å²) >= 11 is 0. The van der Waals surface area contributed by atoms with Gasteiger partial charge in [0.1, 0.15) is 5.60 Å². The van der Waals surface area contributed by atoms with E-state index in [1.807, 2.05) is 6.07 Å². The number of amides is 2. The number of hydrogen-bond donors (Lipinski definition) is 2. The van der Waals surface area contributed by atoms with Gasteiger partial charge in [-0.3, -0.25) is 4.79 Å². The van der Waals surface area contributed by atoms with Crippen molar-refractivity contribution in [3.05, 3.63) is 35.9 Å². The molecule has 5 heteroatoms. The number of nitrogens with one attached hydrogen (secondary N) is 2. The molecule has 0 heterocycles. The van der Waals surface area contributed by atoms with E-state index in [1.165, 1.54) is 0 Å². The van der Waals surface area contributed by atoms with Crippen LogP contribution < -0.4 is 10.6 Å². The van der Waals surface area contributed by atoms with E-state index < -0.39 is 11.7 Å². The third-order valence-corrected chi connectivity index (χ3v) is 1.92. The highest BCUT2D eigenvalue weighted by Crippen LogP contribution is 2.06. The summed E-state index contributed by atoms with van der Waals surface area (Å²) in [5.41, 5.74) is -0.00320. The molecule has 0 spiro atoms. The summed E-state index contributed by atoms with van der Waals surface area (Å²) in [7, 11) is 0. The SMILES string of the molecule is CC(C)(C)OC(=O)NCNC(=O)c1ccccc1. The molecular weight excluding hydrogens is 232 g/mol. The Labute approximate surface area is 107 Å². The van der Waals surface area contributed by atoms with E-state index in [0.29, 0.717) is 5.56 Å². The van der Waals surface area contributed by atoms with Crippen LogP contribution in [-0.4, -0.2) is 24.3 Å². The minimum absolute atomic E-state index is 0.0304. The number of carbonyl (C=O) groups excluding carboxylic acids is 2. The fourth-order valence-corrected chi connectivity index (χ4v) is 1.20. The van der Waals surface area contributed by atoms with Gasteiger partial charge in [-0.25, -0.2) is 4.79 Å². The zero-order chi connectivity index (χ0) is 13.6. The maximum atomic E-state index is 11.6. The highest BCUT2D eigenvalue weighted by molar-refractivity contribution is 5.94. The first kappa shape index (κ1) is 14.0. The van der Waals surface area contributed by atoms with Crippen molar-refractivity contribution in [1.29, 1.82) is 0 Å². The zero-order valence-electron chi connectivity index (χ0n) is 10.8. The Morgan fingerprint density at radius 1 is 1.11 bits per heavy atom. The van der Waals surface area contributed by atoms with Crippen LogP contribution in [0.4, 0.5) is 4.79 Å². The number of benzene rings is 1. The Hall–Kier alpha value is -2.04. The van der Waals surface area contributed by atoms with Crippen molar-refractivity contribution in [3.8, 4) is 0 Å². The Morgan fingerprint density at radius 2 is 1.72 bits per heavy atom. The molecule has 0 fully saturated rings. The van der Waals surface area contributed by atoms with Crippen LogP contribution in [0.25, 0.3) is 0 Å². The number of rotatable bonds is 3. The maximum Gasteiger partial charge on any atom is 0.409 e. The predicted molar refractivity (Wildman–Crippen MR) is 68.1 cm³/mol. The van der Waals surface area contributed by atoms with Crippen molar-refractivity contribution in [2.75, 3.05) is 6.67 Å². The minimum atomic E-state index is -0.559.